The number of benzene rings is 1. The van der Waals surface area contributed by atoms with E-state index in [1.807, 2.05) is 6.92 Å². The van der Waals surface area contributed by atoms with Crippen LogP contribution >= 0.6 is 0 Å². The largest absolute Gasteiger partial charge is 0.508 e. The van der Waals surface area contributed by atoms with E-state index in [2.05, 4.69) is 5.32 Å². The van der Waals surface area contributed by atoms with Crippen LogP contribution in [-0.4, -0.2) is 61.2 Å². The molecule has 1 aromatic rings. The van der Waals surface area contributed by atoms with Gasteiger partial charge in [-0.05, 0) is 37.9 Å². The Balaban J connectivity index is 2.00. The minimum absolute atomic E-state index is 0.171. The second-order valence-corrected chi connectivity index (χ2v) is 8.98. The van der Waals surface area contributed by atoms with E-state index in [0.29, 0.717) is 13.0 Å². The molecule has 0 unspecified atom stereocenters. The molecular weight excluding hydrogens is 432 g/mol. The Morgan fingerprint density at radius 2 is 1.88 bits per heavy atom. The maximum absolute atomic E-state index is 13.7. The van der Waals surface area contributed by atoms with E-state index in [4.69, 9.17) is 5.73 Å². The maximum Gasteiger partial charge on any atom is 0.255 e. The van der Waals surface area contributed by atoms with Gasteiger partial charge in [0, 0.05) is 17.4 Å². The molecule has 8 N–H and O–H groups in total. The molecule has 33 heavy (non-hydrogen) atoms. The van der Waals surface area contributed by atoms with Gasteiger partial charge in [0.15, 0.2) is 11.4 Å². The SMILES string of the molecule is CCCN[C@@H]1C(=O)C(C(N)=O)=C(O)[C@@]2(O)C(=O)C3=C(O)c4c(O)cccc4[C@@](C)(O)[C@H]3C[C@@H]12. The summed E-state index contributed by atoms with van der Waals surface area (Å²) in [5, 5.41) is 58.0. The van der Waals surface area contributed by atoms with Gasteiger partial charge in [-0.25, -0.2) is 0 Å². The van der Waals surface area contributed by atoms with Crippen molar-refractivity contribution in [2.45, 2.75) is 43.9 Å². The van der Waals surface area contributed by atoms with Crippen molar-refractivity contribution in [3.8, 4) is 5.75 Å². The van der Waals surface area contributed by atoms with Gasteiger partial charge in [0.05, 0.1) is 17.2 Å². The van der Waals surface area contributed by atoms with Crippen LogP contribution in [0.4, 0.5) is 0 Å². The van der Waals surface area contributed by atoms with Gasteiger partial charge >= 0.3 is 0 Å². The number of nitrogens with one attached hydrogen (secondary N) is 1. The Kier molecular flexibility index (Phi) is 5.15. The molecular formula is C23H26N2O8. The summed E-state index contributed by atoms with van der Waals surface area (Å²) in [5.41, 5.74) is -0.529. The van der Waals surface area contributed by atoms with Crippen LogP contribution in [-0.2, 0) is 20.0 Å². The molecule has 0 aliphatic heterocycles. The lowest BCUT2D eigenvalue weighted by Crippen LogP contribution is -2.67. The zero-order chi connectivity index (χ0) is 24.5. The summed E-state index contributed by atoms with van der Waals surface area (Å²) in [6.07, 6.45) is 0.386. The predicted octanol–water partition coefficient (Wildman–Crippen LogP) is 0.0670. The van der Waals surface area contributed by atoms with E-state index in [9.17, 15) is 39.9 Å². The number of carbonyl (C=O) groups is 3. The minimum atomic E-state index is -2.75. The van der Waals surface area contributed by atoms with E-state index in [1.165, 1.54) is 25.1 Å². The second kappa shape index (κ2) is 7.41. The molecule has 0 spiro atoms. The molecule has 0 saturated heterocycles. The topological polar surface area (TPSA) is 190 Å². The number of primary amides is 1. The second-order valence-electron chi connectivity index (χ2n) is 8.98. The predicted molar refractivity (Wildman–Crippen MR) is 115 cm³/mol. The highest BCUT2D eigenvalue weighted by Gasteiger charge is 2.66. The van der Waals surface area contributed by atoms with Gasteiger partial charge in [-0.1, -0.05) is 19.1 Å². The van der Waals surface area contributed by atoms with Crippen LogP contribution in [0.5, 0.6) is 5.75 Å². The van der Waals surface area contributed by atoms with Crippen LogP contribution in [0.15, 0.2) is 35.1 Å². The van der Waals surface area contributed by atoms with E-state index < -0.39 is 75.0 Å². The van der Waals surface area contributed by atoms with Crippen LogP contribution in [0.2, 0.25) is 0 Å². The summed E-state index contributed by atoms with van der Waals surface area (Å²) in [5.74, 6) is -7.91. The number of Topliss-reactive ketones (excluding diaryl/α,β-unsaturated/α-hetero) is 2. The minimum Gasteiger partial charge on any atom is -0.508 e. The zero-order valence-electron chi connectivity index (χ0n) is 18.1. The van der Waals surface area contributed by atoms with Crippen molar-refractivity contribution in [2.24, 2.45) is 17.6 Å². The Hall–Kier alpha value is -3.21. The van der Waals surface area contributed by atoms with Crippen molar-refractivity contribution in [3.05, 3.63) is 46.2 Å². The number of aliphatic hydroxyl groups excluding tert-OH is 2. The lowest BCUT2D eigenvalue weighted by molar-refractivity contribution is -0.155. The molecule has 1 fully saturated rings. The van der Waals surface area contributed by atoms with Crippen molar-refractivity contribution in [2.75, 3.05) is 6.54 Å². The average molecular weight is 458 g/mol. The first-order valence-corrected chi connectivity index (χ1v) is 10.7. The van der Waals surface area contributed by atoms with Crippen molar-refractivity contribution in [1.82, 2.24) is 5.32 Å². The number of hydrogen-bond acceptors (Lipinski definition) is 9. The van der Waals surface area contributed by atoms with Gasteiger partial charge in [0.2, 0.25) is 5.78 Å². The Morgan fingerprint density at radius 1 is 1.21 bits per heavy atom. The van der Waals surface area contributed by atoms with Crippen molar-refractivity contribution < 1.29 is 39.9 Å². The normalized spacial score (nSPS) is 33.5. The standard InChI is InChI=1S/C23H26N2O8/c1-3-7-25-16-11-8-10-14(17(27)13-9(22(10,2)32)5-4-6-12(13)26)19(29)23(11,33)20(30)15(18(16)28)21(24)31/h4-6,10-11,16,25-27,30,32-33H,3,7-8H2,1-2H3,(H2,24,31)/t10-,11-,16-,22+,23-/m0/s1. The van der Waals surface area contributed by atoms with Gasteiger partial charge in [-0.3, -0.25) is 14.4 Å². The summed E-state index contributed by atoms with van der Waals surface area (Å²) in [7, 11) is 0. The molecule has 10 nitrogen and oxygen atoms in total. The van der Waals surface area contributed by atoms with Crippen LogP contribution < -0.4 is 11.1 Å². The number of amides is 1. The van der Waals surface area contributed by atoms with Crippen molar-refractivity contribution in [1.29, 1.82) is 0 Å². The fourth-order valence-corrected chi connectivity index (χ4v) is 5.47. The summed E-state index contributed by atoms with van der Waals surface area (Å²) in [6.45, 7) is 3.54. The molecule has 1 amide bonds. The first kappa shape index (κ1) is 23.0. The van der Waals surface area contributed by atoms with Crippen LogP contribution in [0.25, 0.3) is 5.76 Å². The molecule has 0 aromatic heterocycles. The summed E-state index contributed by atoms with van der Waals surface area (Å²) in [6, 6.07) is 2.99. The highest BCUT2D eigenvalue weighted by Crippen LogP contribution is 2.56. The van der Waals surface area contributed by atoms with Gasteiger partial charge in [0.1, 0.15) is 22.8 Å². The molecule has 10 heteroatoms. The first-order valence-electron chi connectivity index (χ1n) is 10.7. The molecule has 0 heterocycles. The number of nitrogens with two attached hydrogens (primary N) is 1. The smallest absolute Gasteiger partial charge is 0.255 e. The van der Waals surface area contributed by atoms with Crippen molar-refractivity contribution in [3.63, 3.8) is 0 Å². The number of phenolic OH excluding ortho intramolecular Hbond substituents is 1. The third-order valence-electron chi connectivity index (χ3n) is 7.11. The van der Waals surface area contributed by atoms with E-state index in [1.54, 1.807) is 0 Å². The summed E-state index contributed by atoms with van der Waals surface area (Å²) < 4.78 is 0. The third kappa shape index (κ3) is 2.87. The fourth-order valence-electron chi connectivity index (χ4n) is 5.47. The van der Waals surface area contributed by atoms with Gasteiger partial charge in [-0.2, -0.15) is 0 Å². The maximum atomic E-state index is 13.7. The summed E-state index contributed by atoms with van der Waals surface area (Å²) >= 11 is 0. The molecule has 4 rings (SSSR count). The lowest BCUT2D eigenvalue weighted by atomic mass is 9.54. The Labute approximate surface area is 189 Å². The number of fused-ring (bicyclic) bond motifs is 3. The summed E-state index contributed by atoms with van der Waals surface area (Å²) in [4.78, 5) is 38.7. The van der Waals surface area contributed by atoms with Crippen molar-refractivity contribution >= 4 is 23.2 Å². The first-order chi connectivity index (χ1) is 15.4. The number of hydrogen-bond donors (Lipinski definition) is 7. The number of phenols is 1. The van der Waals surface area contributed by atoms with E-state index >= 15 is 0 Å². The number of aliphatic hydroxyl groups is 4. The van der Waals surface area contributed by atoms with Crippen LogP contribution in [0.1, 0.15) is 37.8 Å². The molecule has 5 atom stereocenters. The molecule has 176 valence electrons. The van der Waals surface area contributed by atoms with Gasteiger partial charge < -0.3 is 36.6 Å². The fraction of sp³-hybridized carbons (Fsp3) is 0.435. The van der Waals surface area contributed by atoms with E-state index in [0.717, 1.165) is 0 Å². The lowest BCUT2D eigenvalue weighted by Gasteiger charge is -2.52. The highest BCUT2D eigenvalue weighted by atomic mass is 16.3. The van der Waals surface area contributed by atoms with Gasteiger partial charge in [-0.15, -0.1) is 0 Å². The van der Waals surface area contributed by atoms with Gasteiger partial charge in [0.25, 0.3) is 5.91 Å². The molecule has 3 aliphatic rings. The Morgan fingerprint density at radius 3 is 2.48 bits per heavy atom. The number of aromatic hydroxyl groups is 1. The number of carbonyl (C=O) groups excluding carboxylic acids is 3. The molecule has 0 bridgehead atoms. The van der Waals surface area contributed by atoms with Crippen LogP contribution in [0, 0.1) is 11.8 Å². The number of ketones is 2. The van der Waals surface area contributed by atoms with E-state index in [-0.39, 0.29) is 17.5 Å². The quantitative estimate of drug-likeness (QED) is 0.306. The molecule has 1 saturated carbocycles. The highest BCUT2D eigenvalue weighted by molar-refractivity contribution is 6.24. The Bertz CT molecular complexity index is 1150. The zero-order valence-corrected chi connectivity index (χ0v) is 18.1. The molecule has 1 aromatic carbocycles. The number of rotatable bonds is 4. The molecule has 0 radical (unpaired) electrons. The average Bonchev–Trinajstić information content (AvgIpc) is 2.74. The molecule has 3 aliphatic carbocycles. The third-order valence-corrected chi connectivity index (χ3v) is 7.11. The monoisotopic (exact) mass is 458 g/mol. The van der Waals surface area contributed by atoms with Crippen LogP contribution in [0.3, 0.4) is 0 Å².